The molecule has 0 aliphatic rings. The topological polar surface area (TPSA) is 95.7 Å². The van der Waals surface area contributed by atoms with Gasteiger partial charge in [-0.25, -0.2) is 0 Å². The molecule has 1 heterocycles. The lowest BCUT2D eigenvalue weighted by molar-refractivity contribution is 0.102. The van der Waals surface area contributed by atoms with Crippen LogP contribution in [0, 0.1) is 0 Å². The number of rotatable bonds is 9. The zero-order valence-electron chi connectivity index (χ0n) is 17.5. The molecule has 158 valence electrons. The van der Waals surface area contributed by atoms with Crippen molar-refractivity contribution in [1.29, 1.82) is 0 Å². The first-order valence-corrected chi connectivity index (χ1v) is 9.81. The predicted molar refractivity (Wildman–Crippen MR) is 112 cm³/mol. The fourth-order valence-electron chi connectivity index (χ4n) is 2.70. The van der Waals surface area contributed by atoms with Gasteiger partial charge in [0.2, 0.25) is 5.89 Å². The van der Waals surface area contributed by atoms with Gasteiger partial charge in [-0.3, -0.25) is 10.1 Å². The quantitative estimate of drug-likeness (QED) is 0.551. The molecule has 1 N–H and O–H groups in total. The Hall–Kier alpha value is -3.55. The van der Waals surface area contributed by atoms with E-state index >= 15 is 0 Å². The highest BCUT2D eigenvalue weighted by Crippen LogP contribution is 2.32. The second-order valence-corrected chi connectivity index (χ2v) is 6.59. The van der Waals surface area contributed by atoms with Gasteiger partial charge in [-0.15, -0.1) is 5.10 Å². The summed E-state index contributed by atoms with van der Waals surface area (Å²) < 4.78 is 22.4. The minimum Gasteiger partial charge on any atom is -0.491 e. The lowest BCUT2D eigenvalue weighted by Crippen LogP contribution is -2.12. The molecule has 0 saturated heterocycles. The van der Waals surface area contributed by atoms with Crippen LogP contribution < -0.4 is 19.5 Å². The number of carbonyl (C=O) groups is 1. The molecule has 0 fully saturated rings. The molecule has 0 aliphatic carbocycles. The van der Waals surface area contributed by atoms with Crippen molar-refractivity contribution in [1.82, 2.24) is 10.2 Å². The van der Waals surface area contributed by atoms with Gasteiger partial charge >= 0.3 is 6.01 Å². The van der Waals surface area contributed by atoms with E-state index < -0.39 is 0 Å². The molecule has 1 aromatic heterocycles. The number of carbonyl (C=O) groups excluding carboxylic acids is 1. The first-order valence-electron chi connectivity index (χ1n) is 9.81. The van der Waals surface area contributed by atoms with E-state index in [2.05, 4.69) is 15.5 Å². The Bertz CT molecular complexity index is 983. The summed E-state index contributed by atoms with van der Waals surface area (Å²) in [6, 6.07) is 12.2. The van der Waals surface area contributed by atoms with Crippen LogP contribution in [0.5, 0.6) is 17.2 Å². The lowest BCUT2D eigenvalue weighted by atomic mass is 10.2. The molecule has 0 radical (unpaired) electrons. The predicted octanol–water partition coefficient (Wildman–Crippen LogP) is 4.57. The van der Waals surface area contributed by atoms with Crippen molar-refractivity contribution in [2.45, 2.75) is 33.8 Å². The molecule has 0 spiro atoms. The highest BCUT2D eigenvalue weighted by atomic mass is 16.5. The van der Waals surface area contributed by atoms with Crippen molar-refractivity contribution in [2.75, 3.05) is 18.5 Å². The van der Waals surface area contributed by atoms with E-state index in [4.69, 9.17) is 18.6 Å². The van der Waals surface area contributed by atoms with Crippen molar-refractivity contribution in [3.8, 4) is 28.7 Å². The molecule has 0 bridgehead atoms. The van der Waals surface area contributed by atoms with Crippen LogP contribution in [0.1, 0.15) is 38.1 Å². The van der Waals surface area contributed by atoms with Gasteiger partial charge in [-0.05, 0) is 70.2 Å². The van der Waals surface area contributed by atoms with E-state index in [0.29, 0.717) is 41.6 Å². The molecule has 3 rings (SSSR count). The molecular weight excluding hydrogens is 386 g/mol. The molecule has 0 unspecified atom stereocenters. The highest BCUT2D eigenvalue weighted by Gasteiger charge is 2.15. The average molecular weight is 411 g/mol. The molecule has 3 aromatic rings. The zero-order valence-corrected chi connectivity index (χ0v) is 17.5. The fraction of sp³-hybridized carbons (Fsp3) is 0.318. The molecule has 1 amide bonds. The van der Waals surface area contributed by atoms with E-state index in [1.54, 1.807) is 42.5 Å². The van der Waals surface area contributed by atoms with Crippen molar-refractivity contribution >= 4 is 11.9 Å². The lowest BCUT2D eigenvalue weighted by Gasteiger charge is -2.11. The second kappa shape index (κ2) is 9.78. The number of nitrogens with one attached hydrogen (secondary N) is 1. The van der Waals surface area contributed by atoms with Crippen LogP contribution in [0.4, 0.5) is 6.01 Å². The van der Waals surface area contributed by atoms with Gasteiger partial charge in [0.25, 0.3) is 5.91 Å². The Balaban J connectivity index is 1.71. The van der Waals surface area contributed by atoms with Gasteiger partial charge in [0.1, 0.15) is 5.75 Å². The third-order valence-corrected chi connectivity index (χ3v) is 3.92. The molecule has 8 nitrogen and oxygen atoms in total. The summed E-state index contributed by atoms with van der Waals surface area (Å²) in [7, 11) is 0. The minimum absolute atomic E-state index is 0.00403. The number of hydrogen-bond donors (Lipinski definition) is 1. The highest BCUT2D eigenvalue weighted by molar-refractivity contribution is 6.03. The van der Waals surface area contributed by atoms with Gasteiger partial charge in [-0.1, -0.05) is 5.10 Å². The van der Waals surface area contributed by atoms with Crippen LogP contribution in [0.15, 0.2) is 46.9 Å². The number of ether oxygens (including phenoxy) is 3. The number of anilines is 1. The Morgan fingerprint density at radius 3 is 2.37 bits per heavy atom. The normalized spacial score (nSPS) is 10.7. The summed E-state index contributed by atoms with van der Waals surface area (Å²) >= 11 is 0. The Kier molecular flexibility index (Phi) is 6.90. The van der Waals surface area contributed by atoms with Gasteiger partial charge < -0.3 is 18.6 Å². The number of hydrogen-bond acceptors (Lipinski definition) is 7. The third kappa shape index (κ3) is 5.28. The Labute approximate surface area is 175 Å². The maximum Gasteiger partial charge on any atom is 0.322 e. The first-order chi connectivity index (χ1) is 14.5. The van der Waals surface area contributed by atoms with Crippen LogP contribution in [-0.2, 0) is 0 Å². The standard InChI is InChI=1S/C22H25N3O5/c1-5-27-18-12-9-16(13-19(18)28-6-2)21-24-25-22(30-21)23-20(26)15-7-10-17(11-8-15)29-14(3)4/h7-14H,5-6H2,1-4H3,(H,23,25,26). The molecule has 0 saturated carbocycles. The Morgan fingerprint density at radius 2 is 1.70 bits per heavy atom. The first kappa shape index (κ1) is 21.2. The van der Waals surface area contributed by atoms with Crippen molar-refractivity contribution in [2.24, 2.45) is 0 Å². The number of aromatic nitrogens is 2. The van der Waals surface area contributed by atoms with Gasteiger partial charge in [0.15, 0.2) is 11.5 Å². The van der Waals surface area contributed by atoms with Crippen LogP contribution in [0.3, 0.4) is 0 Å². The van der Waals surface area contributed by atoms with E-state index in [9.17, 15) is 4.79 Å². The largest absolute Gasteiger partial charge is 0.491 e. The van der Waals surface area contributed by atoms with Crippen LogP contribution in [0.2, 0.25) is 0 Å². The molecule has 30 heavy (non-hydrogen) atoms. The van der Waals surface area contributed by atoms with Gasteiger partial charge in [0.05, 0.1) is 19.3 Å². The summed E-state index contributed by atoms with van der Waals surface area (Å²) in [5.41, 5.74) is 1.11. The second-order valence-electron chi connectivity index (χ2n) is 6.59. The summed E-state index contributed by atoms with van der Waals surface area (Å²) in [5.74, 6) is 1.82. The zero-order chi connectivity index (χ0) is 21.5. The molecule has 2 aromatic carbocycles. The molecule has 0 aliphatic heterocycles. The average Bonchev–Trinajstić information content (AvgIpc) is 3.18. The third-order valence-electron chi connectivity index (χ3n) is 3.92. The van der Waals surface area contributed by atoms with E-state index in [1.807, 2.05) is 27.7 Å². The summed E-state index contributed by atoms with van der Waals surface area (Å²) in [5, 5.41) is 10.5. The summed E-state index contributed by atoms with van der Waals surface area (Å²) in [4.78, 5) is 12.4. The number of benzene rings is 2. The van der Waals surface area contributed by atoms with Crippen molar-refractivity contribution in [3.05, 3.63) is 48.0 Å². The van der Waals surface area contributed by atoms with E-state index in [0.717, 1.165) is 0 Å². The van der Waals surface area contributed by atoms with E-state index in [-0.39, 0.29) is 23.9 Å². The summed E-state index contributed by atoms with van der Waals surface area (Å²) in [6.07, 6.45) is 0.0623. The van der Waals surface area contributed by atoms with Crippen LogP contribution >= 0.6 is 0 Å². The SMILES string of the molecule is CCOc1ccc(-c2nnc(NC(=O)c3ccc(OC(C)C)cc3)o2)cc1OCC. The van der Waals surface area contributed by atoms with Crippen molar-refractivity contribution in [3.63, 3.8) is 0 Å². The fourth-order valence-corrected chi connectivity index (χ4v) is 2.70. The maximum atomic E-state index is 12.4. The number of amides is 1. The van der Waals surface area contributed by atoms with E-state index in [1.165, 1.54) is 0 Å². The minimum atomic E-state index is -0.358. The molecule has 0 atom stereocenters. The smallest absolute Gasteiger partial charge is 0.322 e. The Morgan fingerprint density at radius 1 is 1.00 bits per heavy atom. The monoisotopic (exact) mass is 411 g/mol. The van der Waals surface area contributed by atoms with Gasteiger partial charge in [-0.2, -0.15) is 0 Å². The van der Waals surface area contributed by atoms with Crippen LogP contribution in [-0.4, -0.2) is 35.4 Å². The van der Waals surface area contributed by atoms with Crippen molar-refractivity contribution < 1.29 is 23.4 Å². The van der Waals surface area contributed by atoms with Crippen LogP contribution in [0.25, 0.3) is 11.5 Å². The molecule has 8 heteroatoms. The van der Waals surface area contributed by atoms with Gasteiger partial charge in [0, 0.05) is 11.1 Å². The number of nitrogens with zero attached hydrogens (tertiary/aromatic N) is 2. The molecular formula is C22H25N3O5. The summed E-state index contributed by atoms with van der Waals surface area (Å²) in [6.45, 7) is 8.70. The maximum absolute atomic E-state index is 12.4.